The van der Waals surface area contributed by atoms with E-state index in [9.17, 15) is 16.8 Å². The van der Waals surface area contributed by atoms with E-state index in [4.69, 9.17) is 14.6 Å². The fourth-order valence-corrected chi connectivity index (χ4v) is 5.15. The summed E-state index contributed by atoms with van der Waals surface area (Å²) in [6, 6.07) is 19.2. The van der Waals surface area contributed by atoms with Crippen LogP contribution >= 0.6 is 0 Å². The van der Waals surface area contributed by atoms with Gasteiger partial charge in [-0.05, 0) is 35.9 Å². The van der Waals surface area contributed by atoms with Gasteiger partial charge < -0.3 is 9.47 Å². The van der Waals surface area contributed by atoms with Crippen molar-refractivity contribution in [2.75, 3.05) is 14.2 Å². The fraction of sp³-hybridized carbons (Fsp3) is 0.182. The molecule has 0 aromatic heterocycles. The fourth-order valence-electron chi connectivity index (χ4n) is 3.23. The highest BCUT2D eigenvalue weighted by atomic mass is 32.2. The largest absolute Gasteiger partial charge is 0.493 e. The van der Waals surface area contributed by atoms with Crippen LogP contribution in [0.3, 0.4) is 0 Å². The van der Waals surface area contributed by atoms with Crippen molar-refractivity contribution in [3.63, 3.8) is 0 Å². The van der Waals surface area contributed by atoms with Gasteiger partial charge >= 0.3 is 0 Å². The monoisotopic (exact) mass is 476 g/mol. The van der Waals surface area contributed by atoms with Gasteiger partial charge in [0.25, 0.3) is 0 Å². The van der Waals surface area contributed by atoms with Gasteiger partial charge in [0.2, 0.25) is 20.0 Å². The van der Waals surface area contributed by atoms with Gasteiger partial charge in [0, 0.05) is 18.7 Å². The molecule has 3 aromatic carbocycles. The molecule has 0 bridgehead atoms. The number of nitrogens with two attached hydrogens (primary N) is 1. The van der Waals surface area contributed by atoms with Gasteiger partial charge in [0.15, 0.2) is 11.5 Å². The van der Waals surface area contributed by atoms with E-state index in [1.165, 1.54) is 42.8 Å². The summed E-state index contributed by atoms with van der Waals surface area (Å²) in [5.74, 6) is 0.924. The van der Waals surface area contributed by atoms with Crippen molar-refractivity contribution in [1.29, 1.82) is 0 Å². The van der Waals surface area contributed by atoms with Crippen LogP contribution in [-0.4, -0.2) is 35.4 Å². The lowest BCUT2D eigenvalue weighted by atomic mass is 10.1. The number of para-hydroxylation sites is 1. The zero-order chi connectivity index (χ0) is 23.4. The third-order valence-electron chi connectivity index (χ3n) is 4.82. The van der Waals surface area contributed by atoms with E-state index in [-0.39, 0.29) is 22.9 Å². The zero-order valence-corrected chi connectivity index (χ0v) is 19.3. The van der Waals surface area contributed by atoms with Crippen LogP contribution in [0, 0.1) is 0 Å². The van der Waals surface area contributed by atoms with E-state index < -0.39 is 20.0 Å². The molecule has 0 saturated heterocycles. The van der Waals surface area contributed by atoms with Crippen LogP contribution in [0.15, 0.2) is 82.6 Å². The number of sulfonamides is 2. The molecule has 2 N–H and O–H groups in total. The molecule has 0 fully saturated rings. The summed E-state index contributed by atoms with van der Waals surface area (Å²) in [6.45, 7) is 0.106. The Labute approximate surface area is 188 Å². The van der Waals surface area contributed by atoms with Gasteiger partial charge in [0.1, 0.15) is 0 Å². The standard InChI is InChI=1S/C22H24N2O6S2/c1-29-21-10-6-9-18(22(21)30-2)16-24(15-17-7-4-3-5-8-17)32(27,28)20-13-11-19(12-14-20)31(23,25)26/h3-14H,15-16H2,1-2H3,(H2,23,25,26). The van der Waals surface area contributed by atoms with Gasteiger partial charge in [-0.25, -0.2) is 22.0 Å². The molecule has 0 amide bonds. The summed E-state index contributed by atoms with van der Waals surface area (Å²) in [4.78, 5) is -0.219. The van der Waals surface area contributed by atoms with Crippen LogP contribution in [0.25, 0.3) is 0 Å². The topological polar surface area (TPSA) is 116 Å². The van der Waals surface area contributed by atoms with E-state index in [0.717, 1.165) is 5.56 Å². The smallest absolute Gasteiger partial charge is 0.243 e. The lowest BCUT2D eigenvalue weighted by Gasteiger charge is -2.24. The molecule has 0 aliphatic rings. The summed E-state index contributed by atoms with van der Waals surface area (Å²) in [7, 11) is -4.94. The lowest BCUT2D eigenvalue weighted by molar-refractivity contribution is 0.341. The van der Waals surface area contributed by atoms with E-state index in [1.807, 2.05) is 30.3 Å². The molecule has 170 valence electrons. The van der Waals surface area contributed by atoms with Crippen LogP contribution < -0.4 is 14.6 Å². The van der Waals surface area contributed by atoms with Crippen molar-refractivity contribution in [2.24, 2.45) is 5.14 Å². The Kier molecular flexibility index (Phi) is 7.19. The molecule has 0 heterocycles. The Balaban J connectivity index is 2.05. The molecule has 0 unspecified atom stereocenters. The van der Waals surface area contributed by atoms with Crippen molar-refractivity contribution in [1.82, 2.24) is 4.31 Å². The molecule has 0 atom stereocenters. The molecule has 32 heavy (non-hydrogen) atoms. The highest BCUT2D eigenvalue weighted by Gasteiger charge is 2.27. The van der Waals surface area contributed by atoms with Crippen molar-refractivity contribution in [3.05, 3.63) is 83.9 Å². The van der Waals surface area contributed by atoms with Crippen molar-refractivity contribution >= 4 is 20.0 Å². The minimum atomic E-state index is -4.00. The number of hydrogen-bond donors (Lipinski definition) is 1. The van der Waals surface area contributed by atoms with Crippen molar-refractivity contribution < 1.29 is 26.3 Å². The minimum absolute atomic E-state index is 0.00847. The maximum atomic E-state index is 13.5. The predicted molar refractivity (Wildman–Crippen MR) is 120 cm³/mol. The number of hydrogen-bond acceptors (Lipinski definition) is 6. The molecule has 0 aliphatic carbocycles. The molecule has 10 heteroatoms. The Morgan fingerprint density at radius 2 is 1.38 bits per heavy atom. The number of methoxy groups -OCH3 is 2. The SMILES string of the molecule is COc1cccc(CN(Cc2ccccc2)S(=O)(=O)c2ccc(S(N)(=O)=O)cc2)c1OC. The van der Waals surface area contributed by atoms with Gasteiger partial charge in [-0.15, -0.1) is 0 Å². The Hall–Kier alpha value is -2.92. The lowest BCUT2D eigenvalue weighted by Crippen LogP contribution is -2.30. The van der Waals surface area contributed by atoms with Gasteiger partial charge in [-0.1, -0.05) is 42.5 Å². The van der Waals surface area contributed by atoms with Crippen molar-refractivity contribution in [3.8, 4) is 11.5 Å². The molecular formula is C22H24N2O6S2. The molecule has 0 spiro atoms. The van der Waals surface area contributed by atoms with Crippen LogP contribution in [0.2, 0.25) is 0 Å². The molecule has 0 aliphatic heterocycles. The van der Waals surface area contributed by atoms with E-state index in [1.54, 1.807) is 18.2 Å². The Morgan fingerprint density at radius 1 is 0.750 bits per heavy atom. The number of primary sulfonamides is 1. The molecule has 0 saturated carbocycles. The maximum absolute atomic E-state index is 13.5. The summed E-state index contributed by atoms with van der Waals surface area (Å²) < 4.78 is 62.2. The second-order valence-electron chi connectivity index (χ2n) is 6.93. The summed E-state index contributed by atoms with van der Waals surface area (Å²) in [5, 5.41) is 5.13. The second-order valence-corrected chi connectivity index (χ2v) is 10.4. The molecule has 3 aromatic rings. The number of nitrogens with zero attached hydrogens (tertiary/aromatic N) is 1. The zero-order valence-electron chi connectivity index (χ0n) is 17.6. The van der Waals surface area contributed by atoms with Gasteiger partial charge in [0.05, 0.1) is 24.0 Å². The van der Waals surface area contributed by atoms with Gasteiger partial charge in [-0.2, -0.15) is 4.31 Å². The maximum Gasteiger partial charge on any atom is 0.243 e. The van der Waals surface area contributed by atoms with Crippen LogP contribution in [0.5, 0.6) is 11.5 Å². The first-order chi connectivity index (χ1) is 15.2. The second kappa shape index (κ2) is 9.70. The van der Waals surface area contributed by atoms with Crippen molar-refractivity contribution in [2.45, 2.75) is 22.9 Å². The molecule has 0 radical (unpaired) electrons. The average molecular weight is 477 g/mol. The minimum Gasteiger partial charge on any atom is -0.493 e. The number of benzene rings is 3. The Morgan fingerprint density at radius 3 is 1.94 bits per heavy atom. The first-order valence-corrected chi connectivity index (χ1v) is 12.5. The van der Waals surface area contributed by atoms with Crippen LogP contribution in [0.1, 0.15) is 11.1 Å². The Bertz CT molecular complexity index is 1280. The van der Waals surface area contributed by atoms with E-state index in [0.29, 0.717) is 17.1 Å². The third-order valence-corrected chi connectivity index (χ3v) is 7.56. The predicted octanol–water partition coefficient (Wildman–Crippen LogP) is 2.74. The summed E-state index contributed by atoms with van der Waals surface area (Å²) in [6.07, 6.45) is 0. The van der Waals surface area contributed by atoms with Crippen LogP contribution in [-0.2, 0) is 33.1 Å². The summed E-state index contributed by atoms with van der Waals surface area (Å²) in [5.41, 5.74) is 1.41. The number of rotatable bonds is 9. The molecule has 8 nitrogen and oxygen atoms in total. The van der Waals surface area contributed by atoms with E-state index >= 15 is 0 Å². The van der Waals surface area contributed by atoms with E-state index in [2.05, 4.69) is 0 Å². The summed E-state index contributed by atoms with van der Waals surface area (Å²) >= 11 is 0. The molecular weight excluding hydrogens is 452 g/mol. The third kappa shape index (κ3) is 5.28. The first-order valence-electron chi connectivity index (χ1n) is 9.53. The quantitative estimate of drug-likeness (QED) is 0.508. The van der Waals surface area contributed by atoms with Gasteiger partial charge in [-0.3, -0.25) is 0 Å². The number of ether oxygens (including phenoxy) is 2. The van der Waals surface area contributed by atoms with Crippen LogP contribution in [0.4, 0.5) is 0 Å². The molecule has 3 rings (SSSR count). The average Bonchev–Trinajstić information content (AvgIpc) is 2.78. The normalized spacial score (nSPS) is 12.0. The first kappa shape index (κ1) is 23.7. The highest BCUT2D eigenvalue weighted by molar-refractivity contribution is 7.89. The highest BCUT2D eigenvalue weighted by Crippen LogP contribution is 2.33.